The zero-order chi connectivity index (χ0) is 14.9. The fraction of sp³-hybridized carbons (Fsp3) is 0.316. The summed E-state index contributed by atoms with van der Waals surface area (Å²) < 4.78 is 5.71. The first-order valence-corrected chi connectivity index (χ1v) is 7.34. The van der Waals surface area contributed by atoms with Crippen LogP contribution in [0.25, 0.3) is 0 Å². The Morgan fingerprint density at radius 2 is 1.86 bits per heavy atom. The van der Waals surface area contributed by atoms with E-state index in [2.05, 4.69) is 38.1 Å². The zero-order valence-electron chi connectivity index (χ0n) is 12.5. The lowest BCUT2D eigenvalue weighted by atomic mass is 9.73. The van der Waals surface area contributed by atoms with E-state index in [1.165, 1.54) is 16.7 Å². The number of hydrogen-bond donors (Lipinski definition) is 0. The van der Waals surface area contributed by atoms with Crippen molar-refractivity contribution in [2.24, 2.45) is 0 Å². The molecule has 1 aliphatic rings. The highest BCUT2D eigenvalue weighted by molar-refractivity contribution is 5.47. The molecule has 0 saturated heterocycles. The van der Waals surface area contributed by atoms with Gasteiger partial charge in [-0.1, -0.05) is 47.5 Å². The molecular weight excluding hydrogens is 258 g/mol. The molecule has 0 radical (unpaired) electrons. The van der Waals surface area contributed by atoms with Gasteiger partial charge in [0.1, 0.15) is 5.75 Å². The average Bonchev–Trinajstić information content (AvgIpc) is 2.46. The molecule has 2 nitrogen and oxygen atoms in total. The third-order valence-electron chi connectivity index (χ3n) is 4.19. The van der Waals surface area contributed by atoms with Gasteiger partial charge in [0.15, 0.2) is 0 Å². The second-order valence-electron chi connectivity index (χ2n) is 5.96. The maximum Gasteiger partial charge on any atom is 0.124 e. The normalized spacial score (nSPS) is 20.2. The van der Waals surface area contributed by atoms with Crippen molar-refractivity contribution in [2.75, 3.05) is 6.61 Å². The van der Waals surface area contributed by atoms with Crippen molar-refractivity contribution in [1.82, 2.24) is 0 Å². The first-order valence-electron chi connectivity index (χ1n) is 7.34. The van der Waals surface area contributed by atoms with Crippen molar-refractivity contribution >= 4 is 0 Å². The van der Waals surface area contributed by atoms with E-state index < -0.39 is 5.41 Å². The van der Waals surface area contributed by atoms with E-state index in [1.807, 2.05) is 24.3 Å². The Hall–Kier alpha value is -2.27. The largest absolute Gasteiger partial charge is 0.493 e. The van der Waals surface area contributed by atoms with Crippen LogP contribution in [0.5, 0.6) is 5.75 Å². The molecule has 0 bridgehead atoms. The first kappa shape index (κ1) is 13.7. The number of benzene rings is 2. The molecule has 106 valence electrons. The standard InChI is InChI=1S/C19H19NO/c1-14-9-15(2)11-16(10-14)12-19(13-20)7-8-21-18-6-4-3-5-17(18)19/h3-6,9-11H,7-8,12H2,1-2H3. The van der Waals surface area contributed by atoms with Gasteiger partial charge in [0.25, 0.3) is 0 Å². The summed E-state index contributed by atoms with van der Waals surface area (Å²) in [6, 6.07) is 17.1. The molecule has 1 heterocycles. The van der Waals surface area contributed by atoms with Gasteiger partial charge in [-0.2, -0.15) is 5.26 Å². The minimum absolute atomic E-state index is 0.477. The van der Waals surface area contributed by atoms with Gasteiger partial charge in [-0.05, 0) is 31.9 Å². The van der Waals surface area contributed by atoms with E-state index in [9.17, 15) is 5.26 Å². The number of hydrogen-bond acceptors (Lipinski definition) is 2. The van der Waals surface area contributed by atoms with Crippen molar-refractivity contribution in [3.05, 3.63) is 64.7 Å². The summed E-state index contributed by atoms with van der Waals surface area (Å²) in [7, 11) is 0. The molecule has 21 heavy (non-hydrogen) atoms. The number of ether oxygens (including phenoxy) is 1. The van der Waals surface area contributed by atoms with Crippen LogP contribution < -0.4 is 4.74 Å². The molecule has 0 saturated carbocycles. The minimum Gasteiger partial charge on any atom is -0.493 e. The maximum absolute atomic E-state index is 9.88. The Labute approximate surface area is 126 Å². The predicted octanol–water partition coefficient (Wildman–Crippen LogP) is 4.09. The lowest BCUT2D eigenvalue weighted by Crippen LogP contribution is -2.33. The summed E-state index contributed by atoms with van der Waals surface area (Å²) in [6.07, 6.45) is 1.49. The molecular formula is C19H19NO. The van der Waals surface area contributed by atoms with E-state index in [0.717, 1.165) is 24.2 Å². The molecule has 0 aromatic heterocycles. The van der Waals surface area contributed by atoms with Crippen LogP contribution in [0.3, 0.4) is 0 Å². The zero-order valence-corrected chi connectivity index (χ0v) is 12.5. The molecule has 3 rings (SSSR count). The number of rotatable bonds is 2. The van der Waals surface area contributed by atoms with Crippen molar-refractivity contribution in [3.63, 3.8) is 0 Å². The summed E-state index contributed by atoms with van der Waals surface area (Å²) in [5.41, 5.74) is 4.27. The van der Waals surface area contributed by atoms with Crippen LogP contribution in [0, 0.1) is 25.2 Å². The molecule has 2 heteroatoms. The molecule has 2 aromatic carbocycles. The summed E-state index contributed by atoms with van der Waals surface area (Å²) in [6.45, 7) is 4.82. The number of nitriles is 1. The topological polar surface area (TPSA) is 33.0 Å². The smallest absolute Gasteiger partial charge is 0.124 e. The van der Waals surface area contributed by atoms with E-state index in [1.54, 1.807) is 0 Å². The number of fused-ring (bicyclic) bond motifs is 1. The lowest BCUT2D eigenvalue weighted by Gasteiger charge is -2.33. The summed E-state index contributed by atoms with van der Waals surface area (Å²) in [5.74, 6) is 0.856. The van der Waals surface area contributed by atoms with E-state index in [-0.39, 0.29) is 0 Å². The Morgan fingerprint density at radius 1 is 1.14 bits per heavy atom. The molecule has 1 aliphatic heterocycles. The van der Waals surface area contributed by atoms with Crippen molar-refractivity contribution < 1.29 is 4.74 Å². The molecule has 2 aromatic rings. The van der Waals surface area contributed by atoms with E-state index >= 15 is 0 Å². The highest BCUT2D eigenvalue weighted by Gasteiger charge is 2.38. The number of para-hydroxylation sites is 1. The van der Waals surface area contributed by atoms with E-state index in [0.29, 0.717) is 6.61 Å². The predicted molar refractivity (Wildman–Crippen MR) is 83.5 cm³/mol. The summed E-state index contributed by atoms with van der Waals surface area (Å²) in [5, 5.41) is 9.88. The molecule has 0 aliphatic carbocycles. The molecule has 1 unspecified atom stereocenters. The second-order valence-corrected chi connectivity index (χ2v) is 5.96. The molecule has 0 amide bonds. The Balaban J connectivity index is 2.05. The third-order valence-corrected chi connectivity index (χ3v) is 4.19. The quantitative estimate of drug-likeness (QED) is 0.828. The van der Waals surface area contributed by atoms with E-state index in [4.69, 9.17) is 4.74 Å². The van der Waals surface area contributed by atoms with Gasteiger partial charge in [0.05, 0.1) is 18.1 Å². The second kappa shape index (κ2) is 5.26. The minimum atomic E-state index is -0.477. The maximum atomic E-state index is 9.88. The lowest BCUT2D eigenvalue weighted by molar-refractivity contribution is 0.241. The van der Waals surface area contributed by atoms with Gasteiger partial charge in [0, 0.05) is 12.0 Å². The van der Waals surface area contributed by atoms with Crippen LogP contribution in [0.1, 0.15) is 28.7 Å². The highest BCUT2D eigenvalue weighted by Crippen LogP contribution is 2.40. The average molecular weight is 277 g/mol. The van der Waals surface area contributed by atoms with Gasteiger partial charge >= 0.3 is 0 Å². The Morgan fingerprint density at radius 3 is 2.57 bits per heavy atom. The van der Waals surface area contributed by atoms with Gasteiger partial charge < -0.3 is 4.74 Å². The first-order chi connectivity index (χ1) is 10.1. The van der Waals surface area contributed by atoms with Crippen LogP contribution >= 0.6 is 0 Å². The van der Waals surface area contributed by atoms with Crippen LogP contribution in [0.2, 0.25) is 0 Å². The van der Waals surface area contributed by atoms with Crippen molar-refractivity contribution in [1.29, 1.82) is 5.26 Å². The fourth-order valence-corrected chi connectivity index (χ4v) is 3.32. The summed E-state index contributed by atoms with van der Waals surface area (Å²) >= 11 is 0. The van der Waals surface area contributed by atoms with Gasteiger partial charge in [-0.3, -0.25) is 0 Å². The Kier molecular flexibility index (Phi) is 3.43. The number of nitrogens with zero attached hydrogens (tertiary/aromatic N) is 1. The number of aryl methyl sites for hydroxylation is 2. The molecule has 0 spiro atoms. The van der Waals surface area contributed by atoms with Crippen molar-refractivity contribution in [2.45, 2.75) is 32.1 Å². The Bertz CT molecular complexity index is 693. The van der Waals surface area contributed by atoms with Crippen LogP contribution in [-0.2, 0) is 11.8 Å². The molecule has 1 atom stereocenters. The van der Waals surface area contributed by atoms with Gasteiger partial charge in [0.2, 0.25) is 0 Å². The van der Waals surface area contributed by atoms with Crippen molar-refractivity contribution in [3.8, 4) is 11.8 Å². The van der Waals surface area contributed by atoms with Crippen LogP contribution in [-0.4, -0.2) is 6.61 Å². The monoisotopic (exact) mass is 277 g/mol. The van der Waals surface area contributed by atoms with Gasteiger partial charge in [-0.25, -0.2) is 0 Å². The van der Waals surface area contributed by atoms with Crippen LogP contribution in [0.4, 0.5) is 0 Å². The molecule has 0 fully saturated rings. The van der Waals surface area contributed by atoms with Crippen LogP contribution in [0.15, 0.2) is 42.5 Å². The highest BCUT2D eigenvalue weighted by atomic mass is 16.5. The summed E-state index contributed by atoms with van der Waals surface area (Å²) in [4.78, 5) is 0. The molecule has 0 N–H and O–H groups in total. The third kappa shape index (κ3) is 2.52. The SMILES string of the molecule is Cc1cc(C)cc(CC2(C#N)CCOc3ccccc32)c1. The fourth-order valence-electron chi connectivity index (χ4n) is 3.32. The van der Waals surface area contributed by atoms with Gasteiger partial charge in [-0.15, -0.1) is 0 Å².